The minimum absolute atomic E-state index is 0.300. The Morgan fingerprint density at radius 2 is 2.27 bits per heavy atom. The fourth-order valence-corrected chi connectivity index (χ4v) is 1.77. The molecule has 4 atom stereocenters. The third kappa shape index (κ3) is 1.65. The molecular weight excluding hydrogens is 200 g/mol. The molecule has 4 N–H and O–H groups in total. The summed E-state index contributed by atoms with van der Waals surface area (Å²) < 4.78 is 5.20. The Morgan fingerprint density at radius 3 is 2.93 bits per heavy atom. The van der Waals surface area contributed by atoms with Gasteiger partial charge in [0.2, 0.25) is 5.91 Å². The normalized spacial score (nSPS) is 39.7. The van der Waals surface area contributed by atoms with Crippen molar-refractivity contribution in [3.63, 3.8) is 0 Å². The monoisotopic (exact) mass is 210 g/mol. The Labute approximate surface area is 85.6 Å². The van der Waals surface area contributed by atoms with Gasteiger partial charge in [-0.05, 0) is 6.42 Å². The molecule has 2 fully saturated rings. The molecule has 80 valence electrons. The fourth-order valence-electron chi connectivity index (χ4n) is 1.77. The number of carbonyl (C=O) groups is 2. The van der Waals surface area contributed by atoms with Crippen LogP contribution in [0.5, 0.6) is 0 Å². The Hall–Kier alpha value is -1.65. The van der Waals surface area contributed by atoms with Crippen LogP contribution in [0.15, 0.2) is 0 Å². The van der Waals surface area contributed by atoms with Crippen LogP contribution >= 0.6 is 0 Å². The van der Waals surface area contributed by atoms with Crippen molar-refractivity contribution in [2.75, 3.05) is 0 Å². The van der Waals surface area contributed by atoms with Gasteiger partial charge in [0.25, 0.3) is 0 Å². The first kappa shape index (κ1) is 9.89. The van der Waals surface area contributed by atoms with Gasteiger partial charge in [-0.15, -0.1) is 0 Å². The summed E-state index contributed by atoms with van der Waals surface area (Å²) in [6, 6.07) is 1.38. The second-order valence-electron chi connectivity index (χ2n) is 3.56. The van der Waals surface area contributed by atoms with Crippen LogP contribution in [0.1, 0.15) is 6.42 Å². The number of amides is 3. The average molecular weight is 210 g/mol. The number of hydrogen-bond acceptors (Lipinski definition) is 5. The molecule has 2 aliphatic heterocycles. The molecule has 0 aromatic rings. The summed E-state index contributed by atoms with van der Waals surface area (Å²) in [6.07, 6.45) is -1.18. The van der Waals surface area contributed by atoms with E-state index >= 15 is 0 Å². The van der Waals surface area contributed by atoms with E-state index in [-0.39, 0.29) is 0 Å². The van der Waals surface area contributed by atoms with Crippen molar-refractivity contribution >= 4 is 11.9 Å². The van der Waals surface area contributed by atoms with E-state index in [4.69, 9.17) is 15.7 Å². The number of hydrogen-bond donors (Lipinski definition) is 3. The maximum Gasteiger partial charge on any atom is 0.323 e. The lowest BCUT2D eigenvalue weighted by Crippen LogP contribution is -2.63. The van der Waals surface area contributed by atoms with Crippen molar-refractivity contribution in [2.24, 2.45) is 17.6 Å². The van der Waals surface area contributed by atoms with E-state index in [0.29, 0.717) is 6.42 Å². The highest BCUT2D eigenvalue weighted by Gasteiger charge is 2.44. The Balaban J connectivity index is 2.16. The lowest BCUT2D eigenvalue weighted by molar-refractivity contribution is -0.150. The van der Waals surface area contributed by atoms with Gasteiger partial charge in [0.05, 0.1) is 17.9 Å². The number of imide groups is 1. The number of nitriles is 1. The smallest absolute Gasteiger partial charge is 0.323 e. The van der Waals surface area contributed by atoms with Gasteiger partial charge in [-0.3, -0.25) is 10.1 Å². The lowest BCUT2D eigenvalue weighted by Gasteiger charge is -2.39. The standard InChI is InChI=1S/C8H10N4O3/c9-2-3-1-4-6(13)11-8(14)12-7(4)15-5(3)10/h3-5,7H,1,10H2,(H2,11,12,13,14). The maximum absolute atomic E-state index is 11.4. The third-order valence-corrected chi connectivity index (χ3v) is 2.59. The second-order valence-corrected chi connectivity index (χ2v) is 3.56. The number of nitrogens with two attached hydrogens (primary N) is 1. The van der Waals surface area contributed by atoms with Crippen molar-refractivity contribution in [1.29, 1.82) is 5.26 Å². The number of carbonyl (C=O) groups excluding carboxylic acids is 2. The predicted molar refractivity (Wildman–Crippen MR) is 46.7 cm³/mol. The van der Waals surface area contributed by atoms with Crippen molar-refractivity contribution in [3.8, 4) is 6.07 Å². The number of nitrogens with one attached hydrogen (secondary N) is 2. The molecule has 2 saturated heterocycles. The molecule has 0 aromatic carbocycles. The zero-order valence-corrected chi connectivity index (χ0v) is 7.77. The molecule has 0 saturated carbocycles. The Morgan fingerprint density at radius 1 is 1.53 bits per heavy atom. The Kier molecular flexibility index (Phi) is 2.30. The molecule has 2 aliphatic rings. The minimum atomic E-state index is -0.762. The Bertz CT molecular complexity index is 350. The summed E-state index contributed by atoms with van der Waals surface area (Å²) in [7, 11) is 0. The molecule has 2 heterocycles. The first-order chi connectivity index (χ1) is 7.11. The highest BCUT2D eigenvalue weighted by atomic mass is 16.5. The molecule has 2 rings (SSSR count). The molecule has 0 spiro atoms. The van der Waals surface area contributed by atoms with Crippen molar-refractivity contribution in [2.45, 2.75) is 18.9 Å². The average Bonchev–Trinajstić information content (AvgIpc) is 2.16. The largest absolute Gasteiger partial charge is 0.338 e. The van der Waals surface area contributed by atoms with E-state index in [1.54, 1.807) is 0 Å². The van der Waals surface area contributed by atoms with E-state index in [9.17, 15) is 9.59 Å². The van der Waals surface area contributed by atoms with Crippen LogP contribution in [-0.4, -0.2) is 24.4 Å². The highest BCUT2D eigenvalue weighted by molar-refractivity contribution is 5.98. The van der Waals surface area contributed by atoms with E-state index in [1.807, 2.05) is 6.07 Å². The molecule has 4 unspecified atom stereocenters. The van der Waals surface area contributed by atoms with Gasteiger partial charge < -0.3 is 15.8 Å². The van der Waals surface area contributed by atoms with Crippen molar-refractivity contribution < 1.29 is 14.3 Å². The third-order valence-electron chi connectivity index (χ3n) is 2.59. The summed E-state index contributed by atoms with van der Waals surface area (Å²) in [5, 5.41) is 13.3. The molecule has 0 radical (unpaired) electrons. The van der Waals surface area contributed by atoms with Crippen LogP contribution in [0, 0.1) is 23.2 Å². The van der Waals surface area contributed by atoms with Crippen LogP contribution in [-0.2, 0) is 9.53 Å². The van der Waals surface area contributed by atoms with Crippen LogP contribution in [0.25, 0.3) is 0 Å². The number of nitrogens with zero attached hydrogens (tertiary/aromatic N) is 1. The number of fused-ring (bicyclic) bond motifs is 1. The van der Waals surface area contributed by atoms with Gasteiger partial charge in [0, 0.05) is 0 Å². The zero-order valence-electron chi connectivity index (χ0n) is 7.77. The maximum atomic E-state index is 11.4. The molecule has 0 bridgehead atoms. The van der Waals surface area contributed by atoms with Gasteiger partial charge in [0.1, 0.15) is 12.5 Å². The molecule has 7 heteroatoms. The van der Waals surface area contributed by atoms with E-state index in [0.717, 1.165) is 0 Å². The molecule has 7 nitrogen and oxygen atoms in total. The van der Waals surface area contributed by atoms with E-state index in [2.05, 4.69) is 10.6 Å². The van der Waals surface area contributed by atoms with Crippen LogP contribution in [0.4, 0.5) is 4.79 Å². The number of rotatable bonds is 0. The lowest BCUT2D eigenvalue weighted by atomic mass is 9.88. The molecule has 0 aliphatic carbocycles. The molecule has 15 heavy (non-hydrogen) atoms. The first-order valence-corrected chi connectivity index (χ1v) is 4.54. The van der Waals surface area contributed by atoms with Crippen LogP contribution in [0.2, 0.25) is 0 Å². The topological polar surface area (TPSA) is 117 Å². The van der Waals surface area contributed by atoms with Gasteiger partial charge in [-0.2, -0.15) is 5.26 Å². The zero-order chi connectivity index (χ0) is 11.0. The van der Waals surface area contributed by atoms with Crippen molar-refractivity contribution in [1.82, 2.24) is 10.6 Å². The first-order valence-electron chi connectivity index (χ1n) is 4.54. The summed E-state index contributed by atoms with van der Waals surface area (Å²) in [6.45, 7) is 0. The van der Waals surface area contributed by atoms with Gasteiger partial charge in [-0.1, -0.05) is 0 Å². The van der Waals surface area contributed by atoms with Gasteiger partial charge >= 0.3 is 6.03 Å². The fraction of sp³-hybridized carbons (Fsp3) is 0.625. The van der Waals surface area contributed by atoms with E-state index in [1.165, 1.54) is 0 Å². The number of ether oxygens (including phenoxy) is 1. The molecular formula is C8H10N4O3. The predicted octanol–water partition coefficient (Wildman–Crippen LogP) is -1.39. The second kappa shape index (κ2) is 3.49. The van der Waals surface area contributed by atoms with Crippen molar-refractivity contribution in [3.05, 3.63) is 0 Å². The molecule has 0 aromatic heterocycles. The SMILES string of the molecule is N#CC1CC2C(=O)NC(=O)NC2OC1N. The highest BCUT2D eigenvalue weighted by Crippen LogP contribution is 2.27. The molecule has 3 amide bonds. The van der Waals surface area contributed by atoms with Gasteiger partial charge in [0.15, 0.2) is 0 Å². The van der Waals surface area contributed by atoms with Crippen LogP contribution in [0.3, 0.4) is 0 Å². The van der Waals surface area contributed by atoms with Crippen LogP contribution < -0.4 is 16.4 Å². The van der Waals surface area contributed by atoms with E-state index < -0.39 is 36.2 Å². The summed E-state index contributed by atoms with van der Waals surface area (Å²) >= 11 is 0. The quantitative estimate of drug-likeness (QED) is 0.455. The number of urea groups is 1. The summed E-state index contributed by atoms with van der Waals surface area (Å²) in [5.41, 5.74) is 5.56. The minimum Gasteiger partial charge on any atom is -0.338 e. The summed E-state index contributed by atoms with van der Waals surface area (Å²) in [5.74, 6) is -1.48. The summed E-state index contributed by atoms with van der Waals surface area (Å²) in [4.78, 5) is 22.4. The van der Waals surface area contributed by atoms with Gasteiger partial charge in [-0.25, -0.2) is 4.79 Å².